The lowest BCUT2D eigenvalue weighted by molar-refractivity contribution is -0.116. The van der Waals surface area contributed by atoms with E-state index in [1.54, 1.807) is 18.3 Å². The van der Waals surface area contributed by atoms with Gasteiger partial charge in [0.1, 0.15) is 5.82 Å². The van der Waals surface area contributed by atoms with Crippen molar-refractivity contribution in [1.82, 2.24) is 4.98 Å². The zero-order valence-corrected chi connectivity index (χ0v) is 10.2. The number of aldehydes is 1. The average Bonchev–Trinajstić information content (AvgIpc) is 2.89. The first-order valence-electron chi connectivity index (χ1n) is 6.17. The summed E-state index contributed by atoms with van der Waals surface area (Å²) in [5.41, 5.74) is 5.80. The van der Waals surface area contributed by atoms with Crippen molar-refractivity contribution in [2.45, 2.75) is 31.7 Å². The standard InChI is InChI=1S/C13H17N3O2/c14-12(18)8-16(11-5-1-2-6-11)13-10(9-17)4-3-7-15-13/h3-4,7,9,11H,1-2,5-6,8H2,(H2,14,18). The number of nitrogens with zero attached hydrogens (tertiary/aromatic N) is 2. The maximum atomic E-state index is 11.2. The molecule has 1 heterocycles. The van der Waals surface area contributed by atoms with Gasteiger partial charge in [-0.25, -0.2) is 4.98 Å². The minimum Gasteiger partial charge on any atom is -0.368 e. The topological polar surface area (TPSA) is 76.3 Å². The molecule has 2 rings (SSSR count). The predicted molar refractivity (Wildman–Crippen MR) is 68.4 cm³/mol. The van der Waals surface area contributed by atoms with Gasteiger partial charge in [-0.3, -0.25) is 9.59 Å². The van der Waals surface area contributed by atoms with Gasteiger partial charge in [0.15, 0.2) is 6.29 Å². The Kier molecular flexibility index (Phi) is 3.92. The second-order valence-electron chi connectivity index (χ2n) is 4.57. The molecule has 1 aliphatic carbocycles. The molecule has 18 heavy (non-hydrogen) atoms. The Morgan fingerprint density at radius 1 is 1.50 bits per heavy atom. The van der Waals surface area contributed by atoms with Crippen LogP contribution in [0, 0.1) is 0 Å². The van der Waals surface area contributed by atoms with Crippen molar-refractivity contribution in [1.29, 1.82) is 0 Å². The molecule has 0 spiro atoms. The van der Waals surface area contributed by atoms with E-state index < -0.39 is 5.91 Å². The predicted octanol–water partition coefficient (Wildman–Crippen LogP) is 1.13. The Morgan fingerprint density at radius 3 is 2.83 bits per heavy atom. The van der Waals surface area contributed by atoms with Crippen LogP contribution < -0.4 is 10.6 Å². The van der Waals surface area contributed by atoms with Crippen LogP contribution in [0.4, 0.5) is 5.82 Å². The number of hydrogen-bond donors (Lipinski definition) is 1. The highest BCUT2D eigenvalue weighted by Crippen LogP contribution is 2.28. The number of rotatable bonds is 5. The van der Waals surface area contributed by atoms with Crippen molar-refractivity contribution >= 4 is 18.0 Å². The van der Waals surface area contributed by atoms with Gasteiger partial charge >= 0.3 is 0 Å². The van der Waals surface area contributed by atoms with Crippen LogP contribution >= 0.6 is 0 Å². The zero-order chi connectivity index (χ0) is 13.0. The number of anilines is 1. The first-order valence-corrected chi connectivity index (χ1v) is 6.17. The Balaban J connectivity index is 2.31. The highest BCUT2D eigenvalue weighted by molar-refractivity contribution is 5.85. The first-order chi connectivity index (χ1) is 8.72. The molecule has 1 aromatic rings. The van der Waals surface area contributed by atoms with Gasteiger partial charge in [0, 0.05) is 12.2 Å². The van der Waals surface area contributed by atoms with Crippen LogP contribution in [0.25, 0.3) is 0 Å². The smallest absolute Gasteiger partial charge is 0.237 e. The van der Waals surface area contributed by atoms with Gasteiger partial charge in [-0.2, -0.15) is 0 Å². The molecule has 0 bridgehead atoms. The van der Waals surface area contributed by atoms with E-state index in [4.69, 9.17) is 5.73 Å². The summed E-state index contributed by atoms with van der Waals surface area (Å²) < 4.78 is 0. The third-order valence-corrected chi connectivity index (χ3v) is 3.31. The van der Waals surface area contributed by atoms with Crippen molar-refractivity contribution in [3.8, 4) is 0 Å². The highest BCUT2D eigenvalue weighted by atomic mass is 16.1. The second-order valence-corrected chi connectivity index (χ2v) is 4.57. The third-order valence-electron chi connectivity index (χ3n) is 3.31. The molecular weight excluding hydrogens is 230 g/mol. The van der Waals surface area contributed by atoms with E-state index in [1.807, 2.05) is 4.90 Å². The van der Waals surface area contributed by atoms with Crippen molar-refractivity contribution in [2.75, 3.05) is 11.4 Å². The van der Waals surface area contributed by atoms with E-state index in [-0.39, 0.29) is 12.6 Å². The van der Waals surface area contributed by atoms with Gasteiger partial charge in [0.25, 0.3) is 0 Å². The quantitative estimate of drug-likeness (QED) is 0.791. The number of carbonyl (C=O) groups is 2. The molecule has 0 radical (unpaired) electrons. The Hall–Kier alpha value is -1.91. The van der Waals surface area contributed by atoms with E-state index >= 15 is 0 Å². The fourth-order valence-corrected chi connectivity index (χ4v) is 2.50. The summed E-state index contributed by atoms with van der Waals surface area (Å²) in [7, 11) is 0. The minimum absolute atomic E-state index is 0.114. The highest BCUT2D eigenvalue weighted by Gasteiger charge is 2.26. The van der Waals surface area contributed by atoms with Crippen LogP contribution in [-0.2, 0) is 4.79 Å². The van der Waals surface area contributed by atoms with Crippen molar-refractivity contribution in [3.05, 3.63) is 23.9 Å². The summed E-state index contributed by atoms with van der Waals surface area (Å²) >= 11 is 0. The van der Waals surface area contributed by atoms with E-state index in [1.165, 1.54) is 0 Å². The summed E-state index contributed by atoms with van der Waals surface area (Å²) in [6.07, 6.45) is 6.72. The number of nitrogens with two attached hydrogens (primary N) is 1. The van der Waals surface area contributed by atoms with Gasteiger partial charge in [-0.1, -0.05) is 12.8 Å². The Labute approximate surface area is 106 Å². The minimum atomic E-state index is -0.399. The lowest BCUT2D eigenvalue weighted by Gasteiger charge is -2.29. The molecule has 96 valence electrons. The van der Waals surface area contributed by atoms with Gasteiger partial charge in [0.05, 0.1) is 12.1 Å². The van der Waals surface area contributed by atoms with E-state index in [0.717, 1.165) is 32.0 Å². The molecule has 0 atom stereocenters. The molecule has 1 fully saturated rings. The molecule has 0 saturated heterocycles. The van der Waals surface area contributed by atoms with Crippen LogP contribution in [0.5, 0.6) is 0 Å². The monoisotopic (exact) mass is 247 g/mol. The van der Waals surface area contributed by atoms with Crippen LogP contribution in [0.3, 0.4) is 0 Å². The maximum absolute atomic E-state index is 11.2. The molecule has 1 aliphatic rings. The largest absolute Gasteiger partial charge is 0.368 e. The van der Waals surface area contributed by atoms with Gasteiger partial charge < -0.3 is 10.6 Å². The van der Waals surface area contributed by atoms with Crippen LogP contribution in [0.2, 0.25) is 0 Å². The maximum Gasteiger partial charge on any atom is 0.237 e. The average molecular weight is 247 g/mol. The summed E-state index contributed by atoms with van der Waals surface area (Å²) in [6.45, 7) is 0.114. The zero-order valence-electron chi connectivity index (χ0n) is 10.2. The summed E-state index contributed by atoms with van der Waals surface area (Å²) in [4.78, 5) is 28.4. The van der Waals surface area contributed by atoms with Crippen LogP contribution in [0.1, 0.15) is 36.0 Å². The van der Waals surface area contributed by atoms with E-state index in [9.17, 15) is 9.59 Å². The molecule has 5 heteroatoms. The fourth-order valence-electron chi connectivity index (χ4n) is 2.50. The number of amides is 1. The number of primary amides is 1. The first kappa shape index (κ1) is 12.5. The molecule has 0 unspecified atom stereocenters. The lowest BCUT2D eigenvalue weighted by atomic mass is 10.1. The summed E-state index contributed by atoms with van der Waals surface area (Å²) in [5.74, 6) is 0.169. The molecule has 0 aromatic carbocycles. The van der Waals surface area contributed by atoms with Crippen molar-refractivity contribution < 1.29 is 9.59 Å². The lowest BCUT2D eigenvalue weighted by Crippen LogP contribution is -2.41. The number of hydrogen-bond acceptors (Lipinski definition) is 4. The van der Waals surface area contributed by atoms with Gasteiger partial charge in [-0.15, -0.1) is 0 Å². The van der Waals surface area contributed by atoms with E-state index in [2.05, 4.69) is 4.98 Å². The molecule has 1 aromatic heterocycles. The molecular formula is C13H17N3O2. The van der Waals surface area contributed by atoms with Crippen LogP contribution in [0.15, 0.2) is 18.3 Å². The molecule has 1 amide bonds. The SMILES string of the molecule is NC(=O)CN(c1ncccc1C=O)C1CCCC1. The Morgan fingerprint density at radius 2 is 2.22 bits per heavy atom. The molecule has 1 saturated carbocycles. The third kappa shape index (κ3) is 2.67. The van der Waals surface area contributed by atoms with Crippen molar-refractivity contribution in [2.24, 2.45) is 5.73 Å². The number of aromatic nitrogens is 1. The Bertz CT molecular complexity index is 442. The van der Waals surface area contributed by atoms with Crippen molar-refractivity contribution in [3.63, 3.8) is 0 Å². The van der Waals surface area contributed by atoms with E-state index in [0.29, 0.717) is 11.4 Å². The van der Waals surface area contributed by atoms with Gasteiger partial charge in [-0.05, 0) is 25.0 Å². The summed E-state index contributed by atoms with van der Waals surface area (Å²) in [5, 5.41) is 0. The summed E-state index contributed by atoms with van der Waals surface area (Å²) in [6, 6.07) is 3.67. The number of pyridine rings is 1. The number of carbonyl (C=O) groups excluding carboxylic acids is 2. The van der Waals surface area contributed by atoms with Gasteiger partial charge in [0.2, 0.25) is 5.91 Å². The molecule has 2 N–H and O–H groups in total. The molecule has 0 aliphatic heterocycles. The van der Waals surface area contributed by atoms with Crippen LogP contribution in [-0.4, -0.2) is 29.8 Å². The fraction of sp³-hybridized carbons (Fsp3) is 0.462. The second kappa shape index (κ2) is 5.62. The normalized spacial score (nSPS) is 15.6. The molecule has 5 nitrogen and oxygen atoms in total.